The van der Waals surface area contributed by atoms with Gasteiger partial charge in [0.2, 0.25) is 0 Å². The molecule has 4 rings (SSSR count). The molecule has 0 amide bonds. The first kappa shape index (κ1) is 13.8. The molecule has 0 aromatic heterocycles. The highest BCUT2D eigenvalue weighted by atomic mass is 14.7. The Morgan fingerprint density at radius 1 is 0.900 bits per heavy atom. The van der Waals surface area contributed by atoms with Crippen molar-refractivity contribution in [3.8, 4) is 0 Å². The molecule has 0 aromatic carbocycles. The molecule has 4 aliphatic carbocycles. The molecule has 4 fully saturated rings. The van der Waals surface area contributed by atoms with Crippen LogP contribution in [0, 0.1) is 46.8 Å². The molecule has 0 nitrogen and oxygen atoms in total. The zero-order valence-electron chi connectivity index (χ0n) is 14.3. The average molecular weight is 270 g/mol. The molecule has 8 unspecified atom stereocenters. The Hall–Kier alpha value is 0.130. The molecule has 4 aliphatic rings. The Morgan fingerprint density at radius 3 is 2.30 bits per heavy atom. The van der Waals surface area contributed by atoms with Crippen molar-refractivity contribution in [1.29, 1.82) is 0 Å². The van der Waals surface area contributed by atoms with Crippen molar-refractivity contribution in [2.24, 2.45) is 46.8 Å². The SMILES string of the molecule is BC(B)(C)C12CC3CC(C)C4CC(CC1C)CC2C4C3. The monoisotopic (exact) mass is 270 g/mol. The van der Waals surface area contributed by atoms with E-state index in [1.165, 1.54) is 6.42 Å². The summed E-state index contributed by atoms with van der Waals surface area (Å²) in [7, 11) is 5.13. The molecule has 2 heteroatoms. The highest BCUT2D eigenvalue weighted by Crippen LogP contribution is 2.72. The van der Waals surface area contributed by atoms with Crippen LogP contribution in [0.4, 0.5) is 0 Å². The van der Waals surface area contributed by atoms with Gasteiger partial charge in [-0.25, -0.2) is 0 Å². The first-order chi connectivity index (χ1) is 9.33. The lowest BCUT2D eigenvalue weighted by Crippen LogP contribution is -2.62. The fourth-order valence-corrected chi connectivity index (χ4v) is 8.12. The minimum atomic E-state index is 0.501. The highest BCUT2D eigenvalue weighted by molar-refractivity contribution is 6.40. The summed E-state index contributed by atoms with van der Waals surface area (Å²) >= 11 is 0. The molecule has 8 atom stereocenters. The number of hydrogen-bond donors (Lipinski definition) is 0. The molecule has 0 saturated heterocycles. The molecule has 0 aliphatic heterocycles. The van der Waals surface area contributed by atoms with E-state index in [4.69, 9.17) is 0 Å². The van der Waals surface area contributed by atoms with Crippen molar-refractivity contribution in [3.63, 3.8) is 0 Å². The van der Waals surface area contributed by atoms with Crippen molar-refractivity contribution >= 4 is 15.7 Å². The highest BCUT2D eigenvalue weighted by Gasteiger charge is 2.63. The van der Waals surface area contributed by atoms with Crippen LogP contribution < -0.4 is 0 Å². The lowest BCUT2D eigenvalue weighted by molar-refractivity contribution is -0.169. The lowest BCUT2D eigenvalue weighted by Gasteiger charge is -2.70. The largest absolute Gasteiger partial charge is 0.0995 e. The van der Waals surface area contributed by atoms with E-state index in [0.29, 0.717) is 10.6 Å². The first-order valence-corrected chi connectivity index (χ1v) is 9.33. The summed E-state index contributed by atoms with van der Waals surface area (Å²) in [5.41, 5.74) is 0.663. The maximum atomic E-state index is 2.62. The van der Waals surface area contributed by atoms with Crippen LogP contribution in [0.5, 0.6) is 0 Å². The van der Waals surface area contributed by atoms with E-state index >= 15 is 0 Å². The summed E-state index contributed by atoms with van der Waals surface area (Å²) in [5.74, 6) is 7.36. The Labute approximate surface area is 127 Å². The van der Waals surface area contributed by atoms with Crippen LogP contribution in [-0.2, 0) is 0 Å². The van der Waals surface area contributed by atoms with Gasteiger partial charge in [0.1, 0.15) is 0 Å². The molecule has 0 aromatic rings. The predicted octanol–water partition coefficient (Wildman–Crippen LogP) is 3.12. The third-order valence-electron chi connectivity index (χ3n) is 8.55. The summed E-state index contributed by atoms with van der Waals surface area (Å²) in [6.45, 7) is 7.77. The molecule has 4 bridgehead atoms. The smallest absolute Gasteiger partial charge is 0.0813 e. The second-order valence-corrected chi connectivity index (χ2v) is 10.2. The quantitative estimate of drug-likeness (QED) is 0.642. The number of hydrogen-bond acceptors (Lipinski definition) is 0. The van der Waals surface area contributed by atoms with Gasteiger partial charge in [0.05, 0.1) is 15.7 Å². The molecule has 0 radical (unpaired) electrons. The fourth-order valence-electron chi connectivity index (χ4n) is 8.12. The average Bonchev–Trinajstić information content (AvgIpc) is 2.35. The Kier molecular flexibility index (Phi) is 2.83. The summed E-state index contributed by atoms with van der Waals surface area (Å²) in [4.78, 5) is 0. The molecule has 110 valence electrons. The topological polar surface area (TPSA) is 0 Å². The van der Waals surface area contributed by atoms with E-state index in [1.807, 2.05) is 0 Å². The Morgan fingerprint density at radius 2 is 1.60 bits per heavy atom. The van der Waals surface area contributed by atoms with E-state index in [1.54, 1.807) is 32.1 Å². The van der Waals surface area contributed by atoms with Crippen molar-refractivity contribution < 1.29 is 0 Å². The van der Waals surface area contributed by atoms with Gasteiger partial charge in [-0.1, -0.05) is 26.0 Å². The van der Waals surface area contributed by atoms with Gasteiger partial charge in [0.15, 0.2) is 0 Å². The van der Waals surface area contributed by atoms with Gasteiger partial charge in [-0.2, -0.15) is 0 Å². The zero-order chi connectivity index (χ0) is 14.3. The van der Waals surface area contributed by atoms with Gasteiger partial charge in [-0.3, -0.25) is 0 Å². The molecular weight excluding hydrogens is 238 g/mol. The third kappa shape index (κ3) is 1.57. The zero-order valence-corrected chi connectivity index (χ0v) is 14.3. The van der Waals surface area contributed by atoms with Crippen molar-refractivity contribution in [2.75, 3.05) is 0 Å². The van der Waals surface area contributed by atoms with Gasteiger partial charge in [0.25, 0.3) is 0 Å². The van der Waals surface area contributed by atoms with E-state index in [0.717, 1.165) is 41.4 Å². The molecule has 0 heterocycles. The minimum Gasteiger partial charge on any atom is -0.0813 e. The standard InChI is InChI=1S/C18H32B2/c1-10-4-13-7-15-14(10)6-12-5-11(2)18(9-13,16(15)8-12)17(3,19)20/h10-16H,4-9,19-20H2,1-3H3. The summed E-state index contributed by atoms with van der Waals surface area (Å²) in [5, 5.41) is 0.501. The maximum absolute atomic E-state index is 2.62. The second kappa shape index (κ2) is 4.11. The summed E-state index contributed by atoms with van der Waals surface area (Å²) < 4.78 is 0. The van der Waals surface area contributed by atoms with E-state index in [2.05, 4.69) is 36.5 Å². The van der Waals surface area contributed by atoms with Crippen molar-refractivity contribution in [3.05, 3.63) is 0 Å². The Bertz CT molecular complexity index is 412. The Balaban J connectivity index is 1.83. The predicted molar refractivity (Wildman–Crippen MR) is 91.4 cm³/mol. The molecular formula is C18H32B2. The van der Waals surface area contributed by atoms with Gasteiger partial charge in [-0.05, 0) is 85.4 Å². The van der Waals surface area contributed by atoms with Gasteiger partial charge >= 0.3 is 0 Å². The van der Waals surface area contributed by atoms with Crippen LogP contribution >= 0.6 is 0 Å². The molecule has 20 heavy (non-hydrogen) atoms. The number of fused-ring (bicyclic) bond motifs is 2. The van der Waals surface area contributed by atoms with Crippen LogP contribution in [0.2, 0.25) is 5.21 Å². The number of rotatable bonds is 1. The molecule has 0 N–H and O–H groups in total. The lowest BCUT2D eigenvalue weighted by atomic mass is 9.28. The van der Waals surface area contributed by atoms with Gasteiger partial charge in [0, 0.05) is 0 Å². The first-order valence-electron chi connectivity index (χ1n) is 9.33. The van der Waals surface area contributed by atoms with Crippen molar-refractivity contribution in [2.45, 2.75) is 64.5 Å². The van der Waals surface area contributed by atoms with Crippen molar-refractivity contribution in [1.82, 2.24) is 0 Å². The molecule has 4 saturated carbocycles. The fraction of sp³-hybridized carbons (Fsp3) is 1.00. The normalized spacial score (nSPS) is 57.6. The van der Waals surface area contributed by atoms with Crippen LogP contribution in [0.1, 0.15) is 59.3 Å². The van der Waals surface area contributed by atoms with E-state index in [-0.39, 0.29) is 0 Å². The molecule has 0 spiro atoms. The van der Waals surface area contributed by atoms with Gasteiger partial charge in [-0.15, -0.1) is 0 Å². The van der Waals surface area contributed by atoms with Crippen LogP contribution in [0.15, 0.2) is 0 Å². The third-order valence-corrected chi connectivity index (χ3v) is 8.55. The van der Waals surface area contributed by atoms with E-state index in [9.17, 15) is 0 Å². The van der Waals surface area contributed by atoms with Crippen LogP contribution in [0.25, 0.3) is 0 Å². The van der Waals surface area contributed by atoms with Crippen LogP contribution in [-0.4, -0.2) is 15.7 Å². The maximum Gasteiger partial charge on any atom is 0.0995 e. The van der Waals surface area contributed by atoms with E-state index < -0.39 is 0 Å². The second-order valence-electron chi connectivity index (χ2n) is 10.2. The minimum absolute atomic E-state index is 0.501. The summed E-state index contributed by atoms with van der Waals surface area (Å²) in [6, 6.07) is 0. The van der Waals surface area contributed by atoms with Gasteiger partial charge < -0.3 is 0 Å². The summed E-state index contributed by atoms with van der Waals surface area (Å²) in [6.07, 6.45) is 9.41. The van der Waals surface area contributed by atoms with Crippen LogP contribution in [0.3, 0.4) is 0 Å².